The highest BCUT2D eigenvalue weighted by Gasteiger charge is 2.21. The van der Waals surface area contributed by atoms with Crippen LogP contribution >= 0.6 is 0 Å². The van der Waals surface area contributed by atoms with Gasteiger partial charge in [-0.05, 0) is 72.8 Å². The summed E-state index contributed by atoms with van der Waals surface area (Å²) in [7, 11) is 1.50. The Morgan fingerprint density at radius 3 is 1.54 bits per heavy atom. The van der Waals surface area contributed by atoms with Crippen LogP contribution in [0.1, 0.15) is 39.1 Å². The highest BCUT2D eigenvalue weighted by atomic mass is 16.6. The van der Waals surface area contributed by atoms with E-state index in [0.29, 0.717) is 5.56 Å². The minimum absolute atomic E-state index is 0.102. The van der Waals surface area contributed by atoms with Crippen molar-refractivity contribution in [3.8, 4) is 23.0 Å². The van der Waals surface area contributed by atoms with Gasteiger partial charge in [0.25, 0.3) is 0 Å². The van der Waals surface area contributed by atoms with Crippen LogP contribution in [0.3, 0.4) is 0 Å². The molecule has 0 bridgehead atoms. The number of aliphatic imine (C=N–C) groups is 1. The number of hydrogen-bond donors (Lipinski definition) is 1. The SMILES string of the molecule is C=CC(=O)OCCC(=O)OC(COC(=O)C=C)COc1ccc(C(=O)Oc2ccc(OC(=O)c3ccc(OCC(COC(=O)C=C)OC(=O)CCOC(O)C=C)cc3)c(C=NC)c2)cc1. The topological polar surface area (TPSA) is 244 Å². The molecule has 3 aromatic rings. The number of carbonyl (C=O) groups is 7. The lowest BCUT2D eigenvalue weighted by Gasteiger charge is -2.18. The molecule has 0 saturated carbocycles. The van der Waals surface area contributed by atoms with Crippen LogP contribution in [-0.2, 0) is 52.4 Å². The molecule has 0 heterocycles. The molecule has 3 aromatic carbocycles. The van der Waals surface area contributed by atoms with Crippen molar-refractivity contribution in [2.24, 2.45) is 4.99 Å². The summed E-state index contributed by atoms with van der Waals surface area (Å²) in [6, 6.07) is 15.9. The zero-order chi connectivity index (χ0) is 47.6. The molecule has 3 atom stereocenters. The van der Waals surface area contributed by atoms with E-state index in [1.165, 1.54) is 80.0 Å². The van der Waals surface area contributed by atoms with Crippen molar-refractivity contribution in [3.63, 3.8) is 0 Å². The van der Waals surface area contributed by atoms with Crippen LogP contribution in [0.5, 0.6) is 23.0 Å². The van der Waals surface area contributed by atoms with E-state index < -0.39 is 60.3 Å². The summed E-state index contributed by atoms with van der Waals surface area (Å²) in [5.74, 6) is -4.37. The van der Waals surface area contributed by atoms with E-state index in [1.54, 1.807) is 0 Å². The van der Waals surface area contributed by atoms with Gasteiger partial charge in [-0.3, -0.25) is 14.6 Å². The van der Waals surface area contributed by atoms with Gasteiger partial charge in [0, 0.05) is 37.1 Å². The Bertz CT molecular complexity index is 2180. The molecule has 0 spiro atoms. The van der Waals surface area contributed by atoms with Gasteiger partial charge in [0.2, 0.25) is 0 Å². The van der Waals surface area contributed by atoms with Crippen LogP contribution < -0.4 is 18.9 Å². The smallest absolute Gasteiger partial charge is 0.343 e. The number of benzene rings is 3. The van der Waals surface area contributed by atoms with Crippen molar-refractivity contribution in [1.82, 2.24) is 0 Å². The standard InChI is InChI=1S/C46H47NO18/c1-6-39(48)56-22-20-43(52)62-36(28-60-41(50)8-3)26-58-33-14-10-30(11-15-33)45(54)64-35-18-19-38(32(24-35)25-47-5)65-46(55)31-12-16-34(17-13-31)59-27-37(29-61-42(51)9-4)63-44(53)21-23-57-40(49)7-2/h6-19,24-25,36-37,40,49H,1-4,20-23,26-29H2,5H3. The summed E-state index contributed by atoms with van der Waals surface area (Å²) < 4.78 is 52.9. The quantitative estimate of drug-likeness (QED) is 0.0204. The molecule has 0 fully saturated rings. The van der Waals surface area contributed by atoms with Gasteiger partial charge in [-0.1, -0.05) is 26.3 Å². The molecule has 19 nitrogen and oxygen atoms in total. The van der Waals surface area contributed by atoms with Gasteiger partial charge in [0.05, 0.1) is 30.6 Å². The van der Waals surface area contributed by atoms with Crippen molar-refractivity contribution in [1.29, 1.82) is 0 Å². The lowest BCUT2D eigenvalue weighted by atomic mass is 10.2. The molecule has 0 aliphatic rings. The normalized spacial score (nSPS) is 11.9. The highest BCUT2D eigenvalue weighted by Crippen LogP contribution is 2.26. The molecule has 344 valence electrons. The lowest BCUT2D eigenvalue weighted by molar-refractivity contribution is -0.161. The molecule has 0 aliphatic heterocycles. The summed E-state index contributed by atoms with van der Waals surface area (Å²) in [4.78, 5) is 89.1. The Hall–Kier alpha value is -7.90. The maximum atomic E-state index is 13.1. The lowest BCUT2D eigenvalue weighted by Crippen LogP contribution is -2.31. The molecule has 0 radical (unpaired) electrons. The summed E-state index contributed by atoms with van der Waals surface area (Å²) in [6.45, 7) is 11.7. The predicted molar refractivity (Wildman–Crippen MR) is 228 cm³/mol. The zero-order valence-electron chi connectivity index (χ0n) is 35.3. The minimum Gasteiger partial charge on any atom is -0.490 e. The average molecular weight is 902 g/mol. The maximum Gasteiger partial charge on any atom is 0.343 e. The summed E-state index contributed by atoms with van der Waals surface area (Å²) in [6.07, 6.45) is 1.58. The number of carbonyl (C=O) groups excluding carboxylic acids is 7. The van der Waals surface area contributed by atoms with Gasteiger partial charge >= 0.3 is 41.8 Å². The molecule has 3 unspecified atom stereocenters. The molecule has 19 heteroatoms. The van der Waals surface area contributed by atoms with E-state index >= 15 is 0 Å². The van der Waals surface area contributed by atoms with Crippen molar-refractivity contribution in [3.05, 3.63) is 134 Å². The first-order valence-corrected chi connectivity index (χ1v) is 19.4. The van der Waals surface area contributed by atoms with E-state index in [0.717, 1.165) is 24.3 Å². The molecule has 0 amide bonds. The largest absolute Gasteiger partial charge is 0.490 e. The minimum atomic E-state index is -1.25. The second kappa shape index (κ2) is 27.9. The van der Waals surface area contributed by atoms with Crippen LogP contribution in [0.25, 0.3) is 0 Å². The van der Waals surface area contributed by atoms with Crippen LogP contribution in [0, 0.1) is 0 Å². The average Bonchev–Trinajstić information content (AvgIpc) is 3.31. The first-order valence-electron chi connectivity index (χ1n) is 19.4. The Morgan fingerprint density at radius 1 is 0.600 bits per heavy atom. The van der Waals surface area contributed by atoms with Crippen molar-refractivity contribution in [2.45, 2.75) is 31.3 Å². The number of hydrogen-bond acceptors (Lipinski definition) is 19. The third-order valence-electron chi connectivity index (χ3n) is 7.98. The van der Waals surface area contributed by atoms with E-state index in [9.17, 15) is 38.7 Å². The summed E-state index contributed by atoms with van der Waals surface area (Å²) >= 11 is 0. The van der Waals surface area contributed by atoms with Gasteiger partial charge in [-0.25, -0.2) is 24.0 Å². The maximum absolute atomic E-state index is 13.1. The number of rotatable bonds is 28. The van der Waals surface area contributed by atoms with Gasteiger partial charge < -0.3 is 52.5 Å². The van der Waals surface area contributed by atoms with Crippen LogP contribution in [0.4, 0.5) is 0 Å². The number of aliphatic hydroxyl groups is 1. The van der Waals surface area contributed by atoms with E-state index in [2.05, 4.69) is 31.3 Å². The fourth-order valence-electron chi connectivity index (χ4n) is 4.82. The Kier molecular flexibility index (Phi) is 22.1. The van der Waals surface area contributed by atoms with E-state index in [-0.39, 0.29) is 86.6 Å². The molecule has 65 heavy (non-hydrogen) atoms. The molecule has 3 rings (SSSR count). The van der Waals surface area contributed by atoms with E-state index in [4.69, 9.17) is 47.4 Å². The van der Waals surface area contributed by atoms with E-state index in [1.807, 2.05) is 0 Å². The van der Waals surface area contributed by atoms with Crippen molar-refractivity contribution in [2.75, 3.05) is 46.7 Å². The Morgan fingerprint density at radius 2 is 1.06 bits per heavy atom. The predicted octanol–water partition coefficient (Wildman–Crippen LogP) is 4.24. The zero-order valence-corrected chi connectivity index (χ0v) is 35.3. The van der Waals surface area contributed by atoms with Gasteiger partial charge in [0.15, 0.2) is 18.5 Å². The van der Waals surface area contributed by atoms with Gasteiger partial charge in [0.1, 0.15) is 56.0 Å². The summed E-state index contributed by atoms with van der Waals surface area (Å²) in [5.41, 5.74) is 0.589. The molecular formula is C46H47NO18. The number of aliphatic hydroxyl groups excluding tert-OH is 1. The van der Waals surface area contributed by atoms with Crippen LogP contribution in [-0.4, -0.2) is 118 Å². The number of ether oxygens (including phenoxy) is 10. The third kappa shape index (κ3) is 19.4. The third-order valence-corrected chi connectivity index (χ3v) is 7.98. The molecular weight excluding hydrogens is 854 g/mol. The second-order valence-electron chi connectivity index (χ2n) is 12.8. The molecule has 1 N–H and O–H groups in total. The monoisotopic (exact) mass is 901 g/mol. The van der Waals surface area contributed by atoms with Crippen molar-refractivity contribution < 1.29 is 86.0 Å². The van der Waals surface area contributed by atoms with Gasteiger partial charge in [-0.2, -0.15) is 0 Å². The first-order chi connectivity index (χ1) is 31.3. The number of nitrogens with zero attached hydrogens (tertiary/aromatic N) is 1. The Labute approximate surface area is 373 Å². The highest BCUT2D eigenvalue weighted by molar-refractivity contribution is 5.94. The molecule has 0 aliphatic carbocycles. The number of esters is 7. The van der Waals surface area contributed by atoms with Gasteiger partial charge in [-0.15, -0.1) is 0 Å². The summed E-state index contributed by atoms with van der Waals surface area (Å²) in [5, 5.41) is 9.40. The molecule has 0 saturated heterocycles. The molecule has 0 aromatic heterocycles. The second-order valence-corrected chi connectivity index (χ2v) is 12.8. The Balaban J connectivity index is 1.58. The fourth-order valence-corrected chi connectivity index (χ4v) is 4.82. The van der Waals surface area contributed by atoms with Crippen molar-refractivity contribution >= 4 is 48.0 Å². The first kappa shape index (κ1) is 51.5. The fraction of sp³-hybridized carbons (Fsp3) is 0.261. The van der Waals surface area contributed by atoms with Crippen LogP contribution in [0.2, 0.25) is 0 Å². The van der Waals surface area contributed by atoms with Crippen LogP contribution in [0.15, 0.2) is 122 Å².